The Labute approximate surface area is 69.6 Å². The van der Waals surface area contributed by atoms with Crippen molar-refractivity contribution in [2.45, 2.75) is 47.0 Å². The zero-order valence-corrected chi connectivity index (χ0v) is 8.05. The Balaban J connectivity index is 0. The molecule has 1 N–H and O–H groups in total. The Hall–Kier alpha value is -0.530. The minimum Gasteiger partial charge on any atom is -0.481 e. The van der Waals surface area contributed by atoms with E-state index in [-0.39, 0.29) is 0 Å². The summed E-state index contributed by atoms with van der Waals surface area (Å²) in [5.41, 5.74) is 0. The molecule has 0 saturated heterocycles. The highest BCUT2D eigenvalue weighted by atomic mass is 16.4. The van der Waals surface area contributed by atoms with Gasteiger partial charge < -0.3 is 5.11 Å². The van der Waals surface area contributed by atoms with E-state index in [0.717, 1.165) is 12.8 Å². The van der Waals surface area contributed by atoms with Gasteiger partial charge in [0.05, 0.1) is 0 Å². The fraction of sp³-hybridized carbons (Fsp3) is 0.889. The van der Waals surface area contributed by atoms with Crippen LogP contribution in [0.3, 0.4) is 0 Å². The number of hydrogen-bond acceptors (Lipinski definition) is 1. The predicted molar refractivity (Wildman–Crippen MR) is 47.7 cm³/mol. The molecule has 0 heterocycles. The molecule has 0 spiro atoms. The zero-order valence-electron chi connectivity index (χ0n) is 8.05. The molecule has 0 bridgehead atoms. The Morgan fingerprint density at radius 3 is 2.18 bits per heavy atom. The molecule has 1 unspecified atom stereocenters. The highest BCUT2D eigenvalue weighted by Crippen LogP contribution is 2.08. The summed E-state index contributed by atoms with van der Waals surface area (Å²) >= 11 is 0. The molecule has 11 heavy (non-hydrogen) atoms. The van der Waals surface area contributed by atoms with E-state index in [0.29, 0.717) is 12.3 Å². The number of carboxylic acid groups (broad SMARTS) is 1. The molecule has 0 aliphatic carbocycles. The van der Waals surface area contributed by atoms with Gasteiger partial charge >= 0.3 is 5.97 Å². The van der Waals surface area contributed by atoms with Crippen molar-refractivity contribution in [3.05, 3.63) is 0 Å². The molecule has 2 nitrogen and oxygen atoms in total. The van der Waals surface area contributed by atoms with Crippen molar-refractivity contribution in [3.63, 3.8) is 0 Å². The van der Waals surface area contributed by atoms with Crippen LogP contribution in [0, 0.1) is 5.92 Å². The molecule has 0 aromatic carbocycles. The smallest absolute Gasteiger partial charge is 0.303 e. The van der Waals surface area contributed by atoms with E-state index in [1.165, 1.54) is 0 Å². The van der Waals surface area contributed by atoms with Crippen LogP contribution >= 0.6 is 0 Å². The molecule has 2 heteroatoms. The maximum Gasteiger partial charge on any atom is 0.303 e. The van der Waals surface area contributed by atoms with Crippen LogP contribution in [0.4, 0.5) is 0 Å². The van der Waals surface area contributed by atoms with Crippen LogP contribution < -0.4 is 0 Å². The number of carbonyl (C=O) groups is 1. The fourth-order valence-electron chi connectivity index (χ4n) is 0.893. The molecule has 1 atom stereocenters. The van der Waals surface area contributed by atoms with Crippen molar-refractivity contribution in [1.29, 1.82) is 0 Å². The summed E-state index contributed by atoms with van der Waals surface area (Å²) in [5, 5.41) is 8.31. The molecule has 0 aromatic rings. The Morgan fingerprint density at radius 1 is 1.45 bits per heavy atom. The minimum absolute atomic E-state index is 0.313. The molecule has 0 amide bonds. The summed E-state index contributed by atoms with van der Waals surface area (Å²) < 4.78 is 0. The van der Waals surface area contributed by atoms with E-state index >= 15 is 0 Å². The summed E-state index contributed by atoms with van der Waals surface area (Å²) in [7, 11) is 0. The van der Waals surface area contributed by atoms with E-state index < -0.39 is 5.97 Å². The van der Waals surface area contributed by atoms with Gasteiger partial charge in [-0.1, -0.05) is 40.5 Å². The van der Waals surface area contributed by atoms with Gasteiger partial charge in [-0.05, 0) is 5.92 Å². The third kappa shape index (κ3) is 12.6. The summed E-state index contributed by atoms with van der Waals surface area (Å²) in [4.78, 5) is 10.1. The third-order valence-corrected chi connectivity index (χ3v) is 1.30. The number of carboxylic acids is 1. The molecule has 0 saturated carbocycles. The zero-order chi connectivity index (χ0) is 9.28. The molecule has 0 aliphatic rings. The van der Waals surface area contributed by atoms with Crippen LogP contribution in [-0.2, 0) is 4.79 Å². The van der Waals surface area contributed by atoms with Crippen LogP contribution in [0.15, 0.2) is 0 Å². The van der Waals surface area contributed by atoms with Crippen molar-refractivity contribution in [3.8, 4) is 0 Å². The normalized spacial score (nSPS) is 11.3. The summed E-state index contributed by atoms with van der Waals surface area (Å²) in [5.74, 6) is -0.344. The quantitative estimate of drug-likeness (QED) is 0.686. The van der Waals surface area contributed by atoms with Crippen molar-refractivity contribution in [2.24, 2.45) is 5.92 Å². The van der Waals surface area contributed by atoms with Gasteiger partial charge in [0.25, 0.3) is 0 Å². The minimum atomic E-state index is -0.684. The lowest BCUT2D eigenvalue weighted by atomic mass is 10.0. The topological polar surface area (TPSA) is 37.3 Å². The fourth-order valence-corrected chi connectivity index (χ4v) is 0.893. The molecule has 68 valence electrons. The van der Waals surface area contributed by atoms with E-state index in [2.05, 4.69) is 6.92 Å². The first-order chi connectivity index (χ1) is 5.16. The van der Waals surface area contributed by atoms with E-state index in [1.54, 1.807) is 0 Å². The van der Waals surface area contributed by atoms with Crippen LogP contribution in [0.5, 0.6) is 0 Å². The molecular formula is C9H20O2. The van der Waals surface area contributed by atoms with Gasteiger partial charge in [0, 0.05) is 6.42 Å². The number of aliphatic carboxylic acids is 1. The highest BCUT2D eigenvalue weighted by molar-refractivity contribution is 5.66. The lowest BCUT2D eigenvalue weighted by Gasteiger charge is -2.03. The Morgan fingerprint density at radius 2 is 1.91 bits per heavy atom. The second-order valence-electron chi connectivity index (χ2n) is 2.49. The lowest BCUT2D eigenvalue weighted by molar-refractivity contribution is -0.138. The molecule has 0 aliphatic heterocycles. The first-order valence-electron chi connectivity index (χ1n) is 4.38. The summed E-state index contributed by atoms with van der Waals surface area (Å²) in [6.45, 7) is 8.04. The molecule has 0 rings (SSSR count). The first-order valence-corrected chi connectivity index (χ1v) is 4.38. The second-order valence-corrected chi connectivity index (χ2v) is 2.49. The van der Waals surface area contributed by atoms with Gasteiger partial charge in [0.15, 0.2) is 0 Å². The Bertz CT molecular complexity index is 89.6. The van der Waals surface area contributed by atoms with Crippen LogP contribution in [0.25, 0.3) is 0 Å². The molecule has 0 fully saturated rings. The van der Waals surface area contributed by atoms with Crippen molar-refractivity contribution in [2.75, 3.05) is 0 Å². The average molecular weight is 160 g/mol. The standard InChI is InChI=1S/C7H14O2.C2H6/c1-3-4-6(2)5-7(8)9;1-2/h6H,3-5H2,1-2H3,(H,8,9);1-2H3. The van der Waals surface area contributed by atoms with Gasteiger partial charge in [-0.3, -0.25) is 4.79 Å². The third-order valence-electron chi connectivity index (χ3n) is 1.30. The highest BCUT2D eigenvalue weighted by Gasteiger charge is 2.04. The van der Waals surface area contributed by atoms with Gasteiger partial charge in [0.1, 0.15) is 0 Å². The maximum atomic E-state index is 10.1. The predicted octanol–water partition coefficient (Wildman–Crippen LogP) is 2.92. The van der Waals surface area contributed by atoms with Gasteiger partial charge in [-0.2, -0.15) is 0 Å². The largest absolute Gasteiger partial charge is 0.481 e. The van der Waals surface area contributed by atoms with Crippen LogP contribution in [0.1, 0.15) is 47.0 Å². The number of rotatable bonds is 4. The maximum absolute atomic E-state index is 10.1. The van der Waals surface area contributed by atoms with E-state index in [9.17, 15) is 4.79 Å². The summed E-state index contributed by atoms with van der Waals surface area (Å²) in [6, 6.07) is 0. The van der Waals surface area contributed by atoms with E-state index in [1.807, 2.05) is 20.8 Å². The number of hydrogen-bond donors (Lipinski definition) is 1. The lowest BCUT2D eigenvalue weighted by Crippen LogP contribution is -2.03. The summed E-state index contributed by atoms with van der Waals surface area (Å²) in [6.07, 6.45) is 2.41. The van der Waals surface area contributed by atoms with Crippen LogP contribution in [-0.4, -0.2) is 11.1 Å². The van der Waals surface area contributed by atoms with Gasteiger partial charge in [0.2, 0.25) is 0 Å². The molecule has 0 radical (unpaired) electrons. The van der Waals surface area contributed by atoms with Crippen LogP contribution in [0.2, 0.25) is 0 Å². The average Bonchev–Trinajstić information content (AvgIpc) is 1.91. The first kappa shape index (κ1) is 13.1. The van der Waals surface area contributed by atoms with Crippen molar-refractivity contribution >= 4 is 5.97 Å². The van der Waals surface area contributed by atoms with Crippen molar-refractivity contribution in [1.82, 2.24) is 0 Å². The van der Waals surface area contributed by atoms with Crippen molar-refractivity contribution < 1.29 is 9.90 Å². The molecule has 0 aromatic heterocycles. The van der Waals surface area contributed by atoms with Gasteiger partial charge in [-0.15, -0.1) is 0 Å². The molecular weight excluding hydrogens is 140 g/mol. The monoisotopic (exact) mass is 160 g/mol. The Kier molecular flexibility index (Phi) is 11.3. The van der Waals surface area contributed by atoms with E-state index in [4.69, 9.17) is 5.11 Å². The van der Waals surface area contributed by atoms with Gasteiger partial charge in [-0.25, -0.2) is 0 Å². The second kappa shape index (κ2) is 9.47. The SMILES string of the molecule is CC.CCCC(C)CC(=O)O.